The molecule has 3 atom stereocenters. The average Bonchev–Trinajstić information content (AvgIpc) is 3.72. The maximum Gasteiger partial charge on any atom is 0.407 e. The lowest BCUT2D eigenvalue weighted by Crippen LogP contribution is -2.46. The molecule has 0 spiro atoms. The van der Waals surface area contributed by atoms with Crippen molar-refractivity contribution in [2.75, 3.05) is 13.7 Å². The second-order valence-corrected chi connectivity index (χ2v) is 16.0. The Balaban J connectivity index is 1.73. The van der Waals surface area contributed by atoms with Crippen molar-refractivity contribution in [3.63, 3.8) is 0 Å². The quantitative estimate of drug-likeness (QED) is 0.137. The fraction of sp³-hybridized carbons (Fsp3) is 0.333. The van der Waals surface area contributed by atoms with Gasteiger partial charge < -0.3 is 15.2 Å². The van der Waals surface area contributed by atoms with Crippen molar-refractivity contribution in [3.8, 4) is 0 Å². The van der Waals surface area contributed by atoms with E-state index in [1.54, 1.807) is 74.5 Å². The van der Waals surface area contributed by atoms with Gasteiger partial charge in [-0.3, -0.25) is 4.79 Å². The minimum absolute atomic E-state index is 0.0780. The third-order valence-electron chi connectivity index (χ3n) is 7.65. The first-order chi connectivity index (χ1) is 22.7. The van der Waals surface area contributed by atoms with Gasteiger partial charge in [-0.1, -0.05) is 72.3 Å². The van der Waals surface area contributed by atoms with Gasteiger partial charge in [0, 0.05) is 28.1 Å². The van der Waals surface area contributed by atoms with E-state index in [0.717, 1.165) is 22.8 Å². The van der Waals surface area contributed by atoms with E-state index in [9.17, 15) is 36.3 Å². The van der Waals surface area contributed by atoms with Crippen LogP contribution in [0.1, 0.15) is 59.0 Å². The monoisotopic (exact) mass is 742 g/mol. The van der Waals surface area contributed by atoms with E-state index >= 15 is 0 Å². The van der Waals surface area contributed by atoms with Crippen LogP contribution < -0.4 is 5.32 Å². The summed E-state index contributed by atoms with van der Waals surface area (Å²) in [7, 11) is -3.11. The molecule has 0 unspecified atom stereocenters. The van der Waals surface area contributed by atoms with Crippen molar-refractivity contribution < 1.29 is 41.0 Å². The van der Waals surface area contributed by atoms with Gasteiger partial charge in [0.2, 0.25) is 0 Å². The number of alkyl carbamates (subject to hydrolysis) is 1. The molecule has 2 heterocycles. The highest BCUT2D eigenvalue weighted by Crippen LogP contribution is 2.44. The zero-order valence-corrected chi connectivity index (χ0v) is 29.3. The van der Waals surface area contributed by atoms with Crippen LogP contribution in [0.3, 0.4) is 0 Å². The maximum absolute atomic E-state index is 14.8. The Bertz CT molecular complexity index is 1740. The summed E-state index contributed by atoms with van der Waals surface area (Å²) in [6.45, 7) is 2.46. The predicted molar refractivity (Wildman–Crippen MR) is 180 cm³/mol. The molecule has 0 aliphatic heterocycles. The molecule has 4 rings (SSSR count). The number of ketones is 1. The molecule has 0 bridgehead atoms. The molecule has 2 N–H and O–H groups in total. The summed E-state index contributed by atoms with van der Waals surface area (Å²) in [5, 5.41) is 12.9. The summed E-state index contributed by atoms with van der Waals surface area (Å²) in [6, 6.07) is 19.2. The van der Waals surface area contributed by atoms with Gasteiger partial charge in [-0.2, -0.15) is 17.5 Å². The van der Waals surface area contributed by atoms with Gasteiger partial charge >= 0.3 is 12.3 Å². The lowest BCUT2D eigenvalue weighted by molar-refractivity contribution is -0.156. The minimum atomic E-state index is -4.89. The van der Waals surface area contributed by atoms with Gasteiger partial charge in [-0.05, 0) is 49.2 Å². The molecule has 15 heteroatoms. The molecule has 1 amide bonds. The van der Waals surface area contributed by atoms with Crippen molar-refractivity contribution in [2.45, 2.75) is 60.6 Å². The summed E-state index contributed by atoms with van der Waals surface area (Å²) in [6.07, 6.45) is -6.91. The van der Waals surface area contributed by atoms with Crippen LogP contribution in [0.25, 0.3) is 0 Å². The number of thiophene rings is 2. The number of amides is 1. The van der Waals surface area contributed by atoms with Crippen LogP contribution in [0.4, 0.5) is 18.0 Å². The van der Waals surface area contributed by atoms with Crippen LogP contribution in [0.2, 0.25) is 4.34 Å². The first kappa shape index (κ1) is 37.5. The van der Waals surface area contributed by atoms with Crippen LogP contribution in [-0.4, -0.2) is 61.7 Å². The highest BCUT2D eigenvalue weighted by Gasteiger charge is 2.46. The minimum Gasteiger partial charge on any atom is -0.453 e. The number of nitrogens with one attached hydrogen (secondary N) is 1. The highest BCUT2D eigenvalue weighted by molar-refractivity contribution is 7.91. The molecule has 4 aromatic rings. The van der Waals surface area contributed by atoms with Crippen LogP contribution in [-0.2, 0) is 19.6 Å². The van der Waals surface area contributed by atoms with Crippen LogP contribution in [0.5, 0.6) is 0 Å². The van der Waals surface area contributed by atoms with Crippen molar-refractivity contribution >= 4 is 56.2 Å². The summed E-state index contributed by atoms with van der Waals surface area (Å²) >= 11 is 7.46. The summed E-state index contributed by atoms with van der Waals surface area (Å²) in [4.78, 5) is 26.4. The Hall–Kier alpha value is -3.27. The molecule has 0 saturated carbocycles. The summed E-state index contributed by atoms with van der Waals surface area (Å²) in [5.74, 6) is -4.03. The van der Waals surface area contributed by atoms with E-state index in [1.165, 1.54) is 24.3 Å². The topological polar surface area (TPSA) is 113 Å². The first-order valence-corrected chi connectivity index (χ1v) is 18.2. The molecule has 0 saturated heterocycles. The average molecular weight is 743 g/mol. The molecule has 258 valence electrons. The number of carbonyl (C=O) groups excluding carboxylic acids is 2. The lowest BCUT2D eigenvalue weighted by atomic mass is 9.81. The standard InChI is InChI=1S/C33H34ClF3N2O6S3/c1-20(2)39(48(43,44)29-17-16-28(34)47-29)24(19-40)27-15-14-26(46-27)23(33(35,36)37)18-25(41)31(38-32(42)45-3)30(21-10-6-4-7-11-21)22-12-8-5-9-13-22/h4-17,20,23-24,30-31,40H,18-19H2,1-3H3,(H,38,42)/t23-,24-,31-/m1/s1. The zero-order chi connectivity index (χ0) is 35.2. The Morgan fingerprint density at radius 1 is 0.917 bits per heavy atom. The second kappa shape index (κ2) is 16.0. The molecule has 0 aliphatic carbocycles. The predicted octanol–water partition coefficient (Wildman–Crippen LogP) is 7.76. The van der Waals surface area contributed by atoms with Crippen LogP contribution in [0, 0.1) is 0 Å². The number of aliphatic hydroxyl groups is 1. The Morgan fingerprint density at radius 3 is 1.94 bits per heavy atom. The lowest BCUT2D eigenvalue weighted by Gasteiger charge is -2.32. The fourth-order valence-corrected chi connectivity index (χ4v) is 10.2. The zero-order valence-electron chi connectivity index (χ0n) is 26.1. The summed E-state index contributed by atoms with van der Waals surface area (Å²) in [5.41, 5.74) is 1.18. The number of carbonyl (C=O) groups is 2. The number of hydrogen-bond acceptors (Lipinski definition) is 8. The number of alkyl halides is 3. The van der Waals surface area contributed by atoms with Gasteiger partial charge in [0.15, 0.2) is 5.78 Å². The van der Waals surface area contributed by atoms with E-state index in [2.05, 4.69) is 5.32 Å². The third-order valence-corrected chi connectivity index (χ3v) is 12.7. The number of sulfonamides is 1. The summed E-state index contributed by atoms with van der Waals surface area (Å²) < 4.78 is 77.4. The number of halogens is 4. The molecule has 2 aromatic heterocycles. The molecule has 0 radical (unpaired) electrons. The van der Waals surface area contributed by atoms with Gasteiger partial charge in [0.25, 0.3) is 10.0 Å². The third kappa shape index (κ3) is 8.65. The Morgan fingerprint density at radius 2 is 1.48 bits per heavy atom. The number of methoxy groups -OCH3 is 1. The van der Waals surface area contributed by atoms with Crippen LogP contribution >= 0.6 is 34.3 Å². The number of ether oxygens (including phenoxy) is 1. The second-order valence-electron chi connectivity index (χ2n) is 11.1. The Kier molecular flexibility index (Phi) is 12.5. The number of nitrogens with zero attached hydrogens (tertiary/aromatic N) is 1. The molecular weight excluding hydrogens is 709 g/mol. The molecule has 0 fully saturated rings. The van der Waals surface area contributed by atoms with Crippen molar-refractivity contribution in [2.24, 2.45) is 0 Å². The van der Waals surface area contributed by atoms with E-state index in [-0.39, 0.29) is 18.3 Å². The van der Waals surface area contributed by atoms with E-state index in [4.69, 9.17) is 16.3 Å². The van der Waals surface area contributed by atoms with Gasteiger partial charge in [-0.15, -0.1) is 22.7 Å². The van der Waals surface area contributed by atoms with Crippen LogP contribution in [0.15, 0.2) is 89.1 Å². The smallest absolute Gasteiger partial charge is 0.407 e. The van der Waals surface area contributed by atoms with E-state index in [1.807, 2.05) is 0 Å². The molecule has 0 aliphatic rings. The molecule has 2 aromatic carbocycles. The normalized spacial score (nSPS) is 14.2. The Labute approximate surface area is 290 Å². The van der Waals surface area contributed by atoms with Gasteiger partial charge in [0.1, 0.15) is 10.3 Å². The number of benzene rings is 2. The molecular formula is C33H34ClF3N2O6S3. The van der Waals surface area contributed by atoms with E-state index in [0.29, 0.717) is 22.5 Å². The largest absolute Gasteiger partial charge is 0.453 e. The number of Topliss-reactive ketones (excluding diaryl/α,β-unsaturated/α-hetero) is 1. The maximum atomic E-state index is 14.8. The van der Waals surface area contributed by atoms with Gasteiger partial charge in [0.05, 0.1) is 30.0 Å². The van der Waals surface area contributed by atoms with E-state index < -0.39 is 71.1 Å². The number of aliphatic hydroxyl groups excluding tert-OH is 1. The number of rotatable bonds is 14. The van der Waals surface area contributed by atoms with Crippen molar-refractivity contribution in [3.05, 3.63) is 110 Å². The first-order valence-electron chi connectivity index (χ1n) is 14.7. The highest BCUT2D eigenvalue weighted by atomic mass is 35.5. The fourth-order valence-electron chi connectivity index (χ4n) is 5.52. The molecule has 48 heavy (non-hydrogen) atoms. The molecule has 8 nitrogen and oxygen atoms in total. The van der Waals surface area contributed by atoms with Gasteiger partial charge in [-0.25, -0.2) is 13.2 Å². The SMILES string of the molecule is COC(=O)N[C@H](C(=O)C[C@H](c1ccc([C@@H](CO)N(C(C)C)S(=O)(=O)c2ccc(Cl)s2)s1)C(F)(F)F)C(c1ccccc1)c1ccccc1. The number of hydrogen-bond donors (Lipinski definition) is 2. The van der Waals surface area contributed by atoms with Crippen molar-refractivity contribution in [1.82, 2.24) is 9.62 Å². The van der Waals surface area contributed by atoms with Crippen molar-refractivity contribution in [1.29, 1.82) is 0 Å².